The molecular formula is C28H25FN2O2S. The fourth-order valence-electron chi connectivity index (χ4n) is 3.73. The van der Waals surface area contributed by atoms with E-state index in [1.54, 1.807) is 23.1 Å². The van der Waals surface area contributed by atoms with Gasteiger partial charge in [-0.3, -0.25) is 9.59 Å². The van der Waals surface area contributed by atoms with Gasteiger partial charge in [0.25, 0.3) is 5.91 Å². The molecule has 0 aliphatic carbocycles. The zero-order valence-corrected chi connectivity index (χ0v) is 19.6. The van der Waals surface area contributed by atoms with Crippen molar-refractivity contribution in [2.75, 3.05) is 4.90 Å². The second-order valence-electron chi connectivity index (χ2n) is 8.04. The number of benzene rings is 3. The lowest BCUT2D eigenvalue weighted by Crippen LogP contribution is -2.30. The van der Waals surface area contributed by atoms with E-state index in [2.05, 4.69) is 5.32 Å². The van der Waals surface area contributed by atoms with Gasteiger partial charge in [-0.05, 0) is 59.3 Å². The van der Waals surface area contributed by atoms with E-state index in [1.807, 2.05) is 73.0 Å². The Balaban J connectivity index is 1.48. The molecule has 1 heterocycles. The zero-order valence-electron chi connectivity index (χ0n) is 18.8. The number of carbonyl (C=O) groups excluding carboxylic acids is 2. The van der Waals surface area contributed by atoms with Gasteiger partial charge in [0.2, 0.25) is 5.91 Å². The molecule has 1 atom stereocenters. The summed E-state index contributed by atoms with van der Waals surface area (Å²) in [6.45, 7) is 2.19. The SMILES string of the molecule is C[C@@H](NC(=O)Cc1ccc(N(Cc2cccc(F)c2)C(=O)c2cccs2)cc1)c1ccccc1. The zero-order chi connectivity index (χ0) is 23.9. The van der Waals surface area contributed by atoms with Gasteiger partial charge in [-0.1, -0.05) is 60.7 Å². The third-order valence-corrected chi connectivity index (χ3v) is 6.35. The molecule has 0 fully saturated rings. The average molecular weight is 473 g/mol. The smallest absolute Gasteiger partial charge is 0.268 e. The Morgan fingerprint density at radius 1 is 0.912 bits per heavy atom. The van der Waals surface area contributed by atoms with E-state index in [9.17, 15) is 14.0 Å². The Morgan fingerprint density at radius 3 is 2.35 bits per heavy atom. The molecule has 0 bridgehead atoms. The summed E-state index contributed by atoms with van der Waals surface area (Å²) in [6.07, 6.45) is 0.236. The van der Waals surface area contributed by atoms with Crippen molar-refractivity contribution in [2.24, 2.45) is 0 Å². The van der Waals surface area contributed by atoms with E-state index in [1.165, 1.54) is 23.5 Å². The van der Waals surface area contributed by atoms with Crippen molar-refractivity contribution in [3.63, 3.8) is 0 Å². The number of thiophene rings is 1. The van der Waals surface area contributed by atoms with Crippen molar-refractivity contribution in [3.8, 4) is 0 Å². The van der Waals surface area contributed by atoms with Crippen LogP contribution >= 0.6 is 11.3 Å². The van der Waals surface area contributed by atoms with Gasteiger partial charge in [-0.15, -0.1) is 11.3 Å². The first kappa shape index (κ1) is 23.4. The van der Waals surface area contributed by atoms with Crippen LogP contribution in [0.15, 0.2) is 96.4 Å². The highest BCUT2D eigenvalue weighted by Gasteiger charge is 2.20. The van der Waals surface area contributed by atoms with E-state index in [0.717, 1.165) is 11.1 Å². The lowest BCUT2D eigenvalue weighted by Gasteiger charge is -2.23. The maximum Gasteiger partial charge on any atom is 0.268 e. The second kappa shape index (κ2) is 10.9. The Morgan fingerprint density at radius 2 is 1.68 bits per heavy atom. The monoisotopic (exact) mass is 472 g/mol. The van der Waals surface area contributed by atoms with Crippen LogP contribution in [0, 0.1) is 5.82 Å². The number of nitrogens with zero attached hydrogens (tertiary/aromatic N) is 1. The summed E-state index contributed by atoms with van der Waals surface area (Å²) in [4.78, 5) is 28.0. The van der Waals surface area contributed by atoms with E-state index in [4.69, 9.17) is 0 Å². The Bertz CT molecular complexity index is 1240. The summed E-state index contributed by atoms with van der Waals surface area (Å²) < 4.78 is 13.7. The van der Waals surface area contributed by atoms with Crippen LogP contribution in [0.2, 0.25) is 0 Å². The summed E-state index contributed by atoms with van der Waals surface area (Å²) >= 11 is 1.36. The summed E-state index contributed by atoms with van der Waals surface area (Å²) in [7, 11) is 0. The highest BCUT2D eigenvalue weighted by Crippen LogP contribution is 2.23. The molecular weight excluding hydrogens is 447 g/mol. The van der Waals surface area contributed by atoms with Crippen LogP contribution < -0.4 is 10.2 Å². The van der Waals surface area contributed by atoms with Gasteiger partial charge in [0, 0.05) is 5.69 Å². The van der Waals surface area contributed by atoms with Gasteiger partial charge in [0.15, 0.2) is 0 Å². The topological polar surface area (TPSA) is 49.4 Å². The van der Waals surface area contributed by atoms with Crippen molar-refractivity contribution in [1.82, 2.24) is 5.32 Å². The Labute approximate surface area is 202 Å². The molecule has 0 saturated heterocycles. The molecule has 2 amide bonds. The fourth-order valence-corrected chi connectivity index (χ4v) is 4.40. The van der Waals surface area contributed by atoms with Crippen LogP contribution in [0.5, 0.6) is 0 Å². The van der Waals surface area contributed by atoms with Crippen molar-refractivity contribution < 1.29 is 14.0 Å². The predicted octanol–water partition coefficient (Wildman–Crippen LogP) is 6.15. The molecule has 0 spiro atoms. The molecule has 1 N–H and O–H groups in total. The minimum Gasteiger partial charge on any atom is -0.349 e. The molecule has 0 saturated carbocycles. The lowest BCUT2D eigenvalue weighted by molar-refractivity contribution is -0.121. The van der Waals surface area contributed by atoms with Crippen LogP contribution in [0.3, 0.4) is 0 Å². The lowest BCUT2D eigenvalue weighted by atomic mass is 10.1. The number of hydrogen-bond acceptors (Lipinski definition) is 3. The molecule has 4 rings (SSSR count). The maximum atomic E-state index is 13.7. The number of hydrogen-bond donors (Lipinski definition) is 1. The normalized spacial score (nSPS) is 11.6. The van der Waals surface area contributed by atoms with Gasteiger partial charge >= 0.3 is 0 Å². The van der Waals surface area contributed by atoms with Gasteiger partial charge in [-0.25, -0.2) is 4.39 Å². The molecule has 0 aliphatic heterocycles. The van der Waals surface area contributed by atoms with Crippen LogP contribution in [0.4, 0.5) is 10.1 Å². The highest BCUT2D eigenvalue weighted by molar-refractivity contribution is 7.12. The molecule has 1 aromatic heterocycles. The van der Waals surface area contributed by atoms with Gasteiger partial charge in [0.1, 0.15) is 5.82 Å². The van der Waals surface area contributed by atoms with Gasteiger partial charge in [0.05, 0.1) is 23.9 Å². The van der Waals surface area contributed by atoms with Crippen molar-refractivity contribution in [2.45, 2.75) is 25.9 Å². The number of nitrogens with one attached hydrogen (secondary N) is 1. The first-order valence-corrected chi connectivity index (χ1v) is 11.9. The molecule has 34 heavy (non-hydrogen) atoms. The van der Waals surface area contributed by atoms with Crippen LogP contribution in [-0.4, -0.2) is 11.8 Å². The summed E-state index contributed by atoms with van der Waals surface area (Å²) in [5.74, 6) is -0.566. The molecule has 3 aromatic carbocycles. The number of carbonyl (C=O) groups is 2. The summed E-state index contributed by atoms with van der Waals surface area (Å²) in [5, 5.41) is 4.87. The number of rotatable bonds is 8. The van der Waals surface area contributed by atoms with E-state index in [-0.39, 0.29) is 36.6 Å². The molecule has 4 aromatic rings. The molecule has 4 nitrogen and oxygen atoms in total. The van der Waals surface area contributed by atoms with Crippen molar-refractivity contribution in [3.05, 3.63) is 124 Å². The number of amides is 2. The predicted molar refractivity (Wildman–Crippen MR) is 134 cm³/mol. The van der Waals surface area contributed by atoms with Crippen molar-refractivity contribution >= 4 is 28.8 Å². The third-order valence-electron chi connectivity index (χ3n) is 5.50. The number of anilines is 1. The van der Waals surface area contributed by atoms with E-state index < -0.39 is 0 Å². The molecule has 0 aliphatic rings. The van der Waals surface area contributed by atoms with Crippen LogP contribution in [0.1, 0.15) is 39.3 Å². The Hall–Kier alpha value is -3.77. The highest BCUT2D eigenvalue weighted by atomic mass is 32.1. The van der Waals surface area contributed by atoms with Crippen molar-refractivity contribution in [1.29, 1.82) is 0 Å². The third kappa shape index (κ3) is 5.97. The summed E-state index contributed by atoms with van der Waals surface area (Å²) in [6, 6.07) is 26.9. The molecule has 172 valence electrons. The minimum absolute atomic E-state index is 0.0737. The first-order valence-electron chi connectivity index (χ1n) is 11.0. The van der Waals surface area contributed by atoms with Gasteiger partial charge in [-0.2, -0.15) is 0 Å². The van der Waals surface area contributed by atoms with E-state index in [0.29, 0.717) is 16.1 Å². The number of halogens is 1. The average Bonchev–Trinajstić information content (AvgIpc) is 3.38. The summed E-state index contributed by atoms with van der Waals surface area (Å²) in [5.41, 5.74) is 3.27. The molecule has 0 radical (unpaired) electrons. The van der Waals surface area contributed by atoms with E-state index >= 15 is 0 Å². The maximum absolute atomic E-state index is 13.7. The van der Waals surface area contributed by atoms with Gasteiger partial charge < -0.3 is 10.2 Å². The molecule has 0 unspecified atom stereocenters. The Kier molecular flexibility index (Phi) is 7.50. The fraction of sp³-hybridized carbons (Fsp3) is 0.143. The molecule has 6 heteroatoms. The largest absolute Gasteiger partial charge is 0.349 e. The van der Waals surface area contributed by atoms with Crippen LogP contribution in [0.25, 0.3) is 0 Å². The van der Waals surface area contributed by atoms with Crippen LogP contribution in [-0.2, 0) is 17.8 Å². The standard InChI is InChI=1S/C28H25FN2O2S/c1-20(23-8-3-2-4-9-23)30-27(32)18-21-12-14-25(15-13-21)31(28(33)26-11-6-16-34-26)19-22-7-5-10-24(29)17-22/h2-17,20H,18-19H2,1H3,(H,30,32)/t20-/m1/s1. The minimum atomic E-state index is -0.341. The quantitative estimate of drug-likeness (QED) is 0.334. The first-order chi connectivity index (χ1) is 16.5. The second-order valence-corrected chi connectivity index (χ2v) is 8.99.